The van der Waals surface area contributed by atoms with Crippen LogP contribution in [0.4, 0.5) is 11.4 Å². The number of hydrogen-bond acceptors (Lipinski definition) is 5. The Hall–Kier alpha value is -2.38. The maximum absolute atomic E-state index is 12.5. The first-order valence-corrected chi connectivity index (χ1v) is 9.93. The number of aromatic nitrogens is 1. The van der Waals surface area contributed by atoms with Crippen molar-refractivity contribution in [1.29, 1.82) is 0 Å². The van der Waals surface area contributed by atoms with Crippen LogP contribution in [0.15, 0.2) is 41.6 Å². The number of nitrogens with one attached hydrogen (secondary N) is 1. The summed E-state index contributed by atoms with van der Waals surface area (Å²) in [6.07, 6.45) is 3.42. The van der Waals surface area contributed by atoms with E-state index in [9.17, 15) is 9.59 Å². The number of thioether (sulfide) groups is 1. The molecule has 27 heavy (non-hydrogen) atoms. The Morgan fingerprint density at radius 3 is 2.85 bits per heavy atom. The highest BCUT2D eigenvalue weighted by Gasteiger charge is 2.23. The van der Waals surface area contributed by atoms with Crippen molar-refractivity contribution in [2.45, 2.75) is 24.8 Å². The molecule has 0 unspecified atom stereocenters. The Kier molecular flexibility index (Phi) is 6.47. The summed E-state index contributed by atoms with van der Waals surface area (Å²) >= 11 is 1.63. The lowest BCUT2D eigenvalue weighted by atomic mass is 10.0. The SMILES string of the molecule is CCSc1ccc(C(=O)Nc2ccc3c(c2)N(C(=O)COC)CCC3)cn1. The highest BCUT2D eigenvalue weighted by molar-refractivity contribution is 7.99. The molecular weight excluding hydrogens is 362 g/mol. The van der Waals surface area contributed by atoms with Crippen molar-refractivity contribution in [3.05, 3.63) is 47.7 Å². The zero-order valence-corrected chi connectivity index (χ0v) is 16.3. The second-order valence-electron chi connectivity index (χ2n) is 6.20. The van der Waals surface area contributed by atoms with Crippen LogP contribution in [0, 0.1) is 0 Å². The molecular formula is C20H23N3O3S. The van der Waals surface area contributed by atoms with E-state index in [0.29, 0.717) is 17.8 Å². The summed E-state index contributed by atoms with van der Waals surface area (Å²) in [5.41, 5.74) is 3.10. The number of carbonyl (C=O) groups is 2. The van der Waals surface area contributed by atoms with Gasteiger partial charge in [0.1, 0.15) is 6.61 Å². The number of pyridine rings is 1. The van der Waals surface area contributed by atoms with E-state index >= 15 is 0 Å². The molecule has 142 valence electrons. The van der Waals surface area contributed by atoms with E-state index in [0.717, 1.165) is 34.9 Å². The molecule has 0 aliphatic carbocycles. The Balaban J connectivity index is 1.76. The lowest BCUT2D eigenvalue weighted by Gasteiger charge is -2.29. The van der Waals surface area contributed by atoms with Crippen molar-refractivity contribution in [1.82, 2.24) is 4.98 Å². The summed E-state index contributed by atoms with van der Waals surface area (Å²) in [5.74, 6) is 0.641. The first-order valence-electron chi connectivity index (χ1n) is 8.94. The second kappa shape index (κ2) is 9.01. The van der Waals surface area contributed by atoms with Gasteiger partial charge in [-0.2, -0.15) is 0 Å². The van der Waals surface area contributed by atoms with Crippen molar-refractivity contribution in [2.24, 2.45) is 0 Å². The van der Waals surface area contributed by atoms with Crippen molar-refractivity contribution in [3.8, 4) is 0 Å². The fourth-order valence-corrected chi connectivity index (χ4v) is 3.65. The Morgan fingerprint density at radius 2 is 2.15 bits per heavy atom. The minimum atomic E-state index is -0.221. The summed E-state index contributed by atoms with van der Waals surface area (Å²) in [5, 5.41) is 3.79. The lowest BCUT2D eigenvalue weighted by Crippen LogP contribution is -2.37. The zero-order chi connectivity index (χ0) is 19.2. The number of ether oxygens (including phenoxy) is 1. The number of carbonyl (C=O) groups excluding carboxylic acids is 2. The van der Waals surface area contributed by atoms with Crippen LogP contribution in [0.25, 0.3) is 0 Å². The van der Waals surface area contributed by atoms with Crippen LogP contribution in [0.1, 0.15) is 29.3 Å². The second-order valence-corrected chi connectivity index (χ2v) is 7.48. The molecule has 1 aliphatic rings. The summed E-state index contributed by atoms with van der Waals surface area (Å²) < 4.78 is 4.98. The summed E-state index contributed by atoms with van der Waals surface area (Å²) in [6.45, 7) is 2.76. The van der Waals surface area contributed by atoms with Gasteiger partial charge >= 0.3 is 0 Å². The smallest absolute Gasteiger partial charge is 0.257 e. The number of hydrogen-bond donors (Lipinski definition) is 1. The molecule has 1 aliphatic heterocycles. The molecule has 0 spiro atoms. The third-order valence-corrected chi connectivity index (χ3v) is 5.15. The van der Waals surface area contributed by atoms with Gasteiger partial charge in [-0.3, -0.25) is 9.59 Å². The normalized spacial score (nSPS) is 13.2. The molecule has 1 aromatic carbocycles. The molecule has 0 fully saturated rings. The standard InChI is InChI=1S/C20H23N3O3S/c1-3-27-18-9-7-15(12-21-18)20(25)22-16-8-6-14-5-4-10-23(17(14)11-16)19(24)13-26-2/h6-9,11-12H,3-5,10,13H2,1-2H3,(H,22,25). The summed E-state index contributed by atoms with van der Waals surface area (Å²) in [4.78, 5) is 30.8. The average Bonchev–Trinajstić information content (AvgIpc) is 2.68. The molecule has 7 heteroatoms. The van der Waals surface area contributed by atoms with Crippen molar-refractivity contribution in [3.63, 3.8) is 0 Å². The lowest BCUT2D eigenvalue weighted by molar-refractivity contribution is -0.122. The van der Waals surface area contributed by atoms with E-state index in [1.54, 1.807) is 28.9 Å². The molecule has 3 rings (SSSR count). The van der Waals surface area contributed by atoms with Gasteiger partial charge in [-0.25, -0.2) is 4.98 Å². The molecule has 0 radical (unpaired) electrons. The minimum absolute atomic E-state index is 0.0455. The number of fused-ring (bicyclic) bond motifs is 1. The van der Waals surface area contributed by atoms with Crippen LogP contribution in [0.5, 0.6) is 0 Å². The third kappa shape index (κ3) is 4.67. The van der Waals surface area contributed by atoms with Crippen LogP contribution in [-0.4, -0.2) is 42.8 Å². The van der Waals surface area contributed by atoms with Gasteiger partial charge in [0.05, 0.1) is 10.6 Å². The van der Waals surface area contributed by atoms with Gasteiger partial charge in [-0.1, -0.05) is 13.0 Å². The van der Waals surface area contributed by atoms with Crippen LogP contribution in [-0.2, 0) is 16.0 Å². The molecule has 2 heterocycles. The van der Waals surface area contributed by atoms with Gasteiger partial charge in [0.2, 0.25) is 0 Å². The number of amides is 2. The molecule has 0 atom stereocenters. The highest BCUT2D eigenvalue weighted by atomic mass is 32.2. The minimum Gasteiger partial charge on any atom is -0.375 e. The fraction of sp³-hybridized carbons (Fsp3) is 0.350. The summed E-state index contributed by atoms with van der Waals surface area (Å²) in [7, 11) is 1.51. The number of nitrogens with zero attached hydrogens (tertiary/aromatic N) is 2. The number of benzene rings is 1. The van der Waals surface area contributed by atoms with Crippen LogP contribution in [0.3, 0.4) is 0 Å². The van der Waals surface area contributed by atoms with Gasteiger partial charge in [0.25, 0.3) is 11.8 Å². The quantitative estimate of drug-likeness (QED) is 0.772. The first-order chi connectivity index (χ1) is 13.1. The van der Waals surface area contributed by atoms with Crippen molar-refractivity contribution < 1.29 is 14.3 Å². The van der Waals surface area contributed by atoms with E-state index in [1.807, 2.05) is 24.3 Å². The van der Waals surface area contributed by atoms with Gasteiger partial charge < -0.3 is 15.0 Å². The fourth-order valence-electron chi connectivity index (χ4n) is 3.06. The Bertz CT molecular complexity index is 824. The topological polar surface area (TPSA) is 71.5 Å². The maximum atomic E-state index is 12.5. The molecule has 2 amide bonds. The predicted molar refractivity (Wildman–Crippen MR) is 108 cm³/mol. The Labute approximate surface area is 163 Å². The molecule has 0 saturated heterocycles. The van der Waals surface area contributed by atoms with Crippen molar-refractivity contribution >= 4 is 35.0 Å². The average molecular weight is 385 g/mol. The monoisotopic (exact) mass is 385 g/mol. The van der Waals surface area contributed by atoms with Gasteiger partial charge in [-0.05, 0) is 48.4 Å². The molecule has 0 saturated carbocycles. The van der Waals surface area contributed by atoms with E-state index in [2.05, 4.69) is 17.2 Å². The van der Waals surface area contributed by atoms with Crippen LogP contribution in [0.2, 0.25) is 0 Å². The van der Waals surface area contributed by atoms with Crippen LogP contribution < -0.4 is 10.2 Å². The number of anilines is 2. The summed E-state index contributed by atoms with van der Waals surface area (Å²) in [6, 6.07) is 9.31. The first kappa shape index (κ1) is 19.4. The number of aryl methyl sites for hydroxylation is 1. The molecule has 1 aromatic heterocycles. The zero-order valence-electron chi connectivity index (χ0n) is 15.5. The number of rotatable bonds is 6. The van der Waals surface area contributed by atoms with E-state index in [-0.39, 0.29) is 18.4 Å². The molecule has 1 N–H and O–H groups in total. The van der Waals surface area contributed by atoms with Gasteiger partial charge in [-0.15, -0.1) is 11.8 Å². The van der Waals surface area contributed by atoms with Gasteiger partial charge in [0.15, 0.2) is 0 Å². The Morgan fingerprint density at radius 1 is 1.30 bits per heavy atom. The van der Waals surface area contributed by atoms with Crippen molar-refractivity contribution in [2.75, 3.05) is 36.2 Å². The molecule has 6 nitrogen and oxygen atoms in total. The van der Waals surface area contributed by atoms with E-state index < -0.39 is 0 Å². The highest BCUT2D eigenvalue weighted by Crippen LogP contribution is 2.30. The molecule has 2 aromatic rings. The van der Waals surface area contributed by atoms with Gasteiger partial charge in [0, 0.05) is 31.2 Å². The molecule has 0 bridgehead atoms. The third-order valence-electron chi connectivity index (χ3n) is 4.32. The maximum Gasteiger partial charge on any atom is 0.257 e. The van der Waals surface area contributed by atoms with E-state index in [1.165, 1.54) is 7.11 Å². The predicted octanol–water partition coefficient (Wildman–Crippen LogP) is 3.37. The van der Waals surface area contributed by atoms with E-state index in [4.69, 9.17) is 4.74 Å². The number of methoxy groups -OCH3 is 1. The largest absolute Gasteiger partial charge is 0.375 e. The van der Waals surface area contributed by atoms with Crippen LogP contribution >= 0.6 is 11.8 Å².